The van der Waals surface area contributed by atoms with E-state index in [0.717, 1.165) is 48.9 Å². The van der Waals surface area contributed by atoms with Crippen LogP contribution in [0, 0.1) is 16.0 Å². The normalized spacial score (nSPS) is 19.2. The van der Waals surface area contributed by atoms with Crippen LogP contribution in [0.2, 0.25) is 5.02 Å². The lowest BCUT2D eigenvalue weighted by Gasteiger charge is -2.33. The summed E-state index contributed by atoms with van der Waals surface area (Å²) >= 11 is 12.8. The number of halogens is 1. The number of benzene rings is 2. The fourth-order valence-electron chi connectivity index (χ4n) is 5.73. The van der Waals surface area contributed by atoms with Gasteiger partial charge in [-0.15, -0.1) is 0 Å². The summed E-state index contributed by atoms with van der Waals surface area (Å²) in [6.07, 6.45) is 4.04. The molecule has 2 aliphatic rings. The number of furan rings is 1. The van der Waals surface area contributed by atoms with Gasteiger partial charge < -0.3 is 24.3 Å². The van der Waals surface area contributed by atoms with E-state index in [2.05, 4.69) is 28.2 Å². The van der Waals surface area contributed by atoms with Gasteiger partial charge in [-0.3, -0.25) is 15.1 Å². The highest BCUT2D eigenvalue weighted by atomic mass is 35.5. The number of nitrogens with zero attached hydrogens (tertiary/aromatic N) is 4. The minimum absolute atomic E-state index is 0.0616. The van der Waals surface area contributed by atoms with E-state index in [1.54, 1.807) is 12.3 Å². The van der Waals surface area contributed by atoms with Crippen molar-refractivity contribution in [2.45, 2.75) is 31.8 Å². The third kappa shape index (κ3) is 5.28. The molecule has 2 aromatic carbocycles. The van der Waals surface area contributed by atoms with E-state index in [-0.39, 0.29) is 17.8 Å². The van der Waals surface area contributed by atoms with Gasteiger partial charge in [-0.25, -0.2) is 0 Å². The molecule has 6 rings (SSSR count). The van der Waals surface area contributed by atoms with E-state index in [0.29, 0.717) is 33.0 Å². The number of hydrogen-bond donors (Lipinski definition) is 1. The van der Waals surface area contributed by atoms with Crippen molar-refractivity contribution in [3.8, 4) is 17.1 Å². The van der Waals surface area contributed by atoms with E-state index in [9.17, 15) is 10.1 Å². The highest BCUT2D eigenvalue weighted by Crippen LogP contribution is 2.45. The molecule has 2 aliphatic heterocycles. The molecule has 2 saturated heterocycles. The van der Waals surface area contributed by atoms with Gasteiger partial charge in [-0.1, -0.05) is 24.6 Å². The van der Waals surface area contributed by atoms with Crippen LogP contribution in [0.4, 0.5) is 17.1 Å². The Labute approximate surface area is 254 Å². The number of pyridine rings is 1. The summed E-state index contributed by atoms with van der Waals surface area (Å²) in [5.41, 5.74) is 3.21. The molecule has 0 spiro atoms. The van der Waals surface area contributed by atoms with Gasteiger partial charge in [-0.2, -0.15) is 0 Å². The van der Waals surface area contributed by atoms with Gasteiger partial charge >= 0.3 is 0 Å². The molecule has 1 N–H and O–H groups in total. The molecule has 11 heteroatoms. The number of hydrogen-bond acceptors (Lipinski definition) is 7. The summed E-state index contributed by atoms with van der Waals surface area (Å²) in [6, 6.07) is 19.3. The lowest BCUT2D eigenvalue weighted by atomic mass is 9.98. The number of rotatable bonds is 7. The Morgan fingerprint density at radius 2 is 1.93 bits per heavy atom. The van der Waals surface area contributed by atoms with Crippen molar-refractivity contribution in [2.75, 3.05) is 30.0 Å². The number of methoxy groups -OCH3 is 1. The molecule has 2 fully saturated rings. The Morgan fingerprint density at radius 3 is 2.62 bits per heavy atom. The number of nitro groups is 1. The molecule has 0 bridgehead atoms. The maximum absolute atomic E-state index is 11.3. The molecule has 2 aromatic heterocycles. The number of nitro benzene ring substituents is 1. The van der Waals surface area contributed by atoms with Crippen molar-refractivity contribution >= 4 is 46.0 Å². The Morgan fingerprint density at radius 1 is 1.12 bits per heavy atom. The summed E-state index contributed by atoms with van der Waals surface area (Å²) in [6.45, 7) is 4.25. The molecule has 0 unspecified atom stereocenters. The predicted octanol–water partition coefficient (Wildman–Crippen LogP) is 7.33. The van der Waals surface area contributed by atoms with Crippen molar-refractivity contribution in [3.05, 3.63) is 99.5 Å². The average molecular weight is 604 g/mol. The van der Waals surface area contributed by atoms with Gasteiger partial charge in [0, 0.05) is 31.0 Å². The Kier molecular flexibility index (Phi) is 7.74. The van der Waals surface area contributed by atoms with Gasteiger partial charge in [0.15, 0.2) is 5.11 Å². The smallest absolute Gasteiger partial charge is 0.273 e. The quantitative estimate of drug-likeness (QED) is 0.132. The lowest BCUT2D eigenvalue weighted by Crippen LogP contribution is -2.33. The van der Waals surface area contributed by atoms with Crippen LogP contribution in [-0.2, 0) is 0 Å². The number of non-ortho nitro benzene ring substituents is 1. The molecule has 2 atom stereocenters. The zero-order valence-corrected chi connectivity index (χ0v) is 24.8. The maximum atomic E-state index is 11.3. The number of ether oxygens (including phenoxy) is 1. The van der Waals surface area contributed by atoms with Crippen molar-refractivity contribution in [2.24, 2.45) is 5.92 Å². The second-order valence-corrected chi connectivity index (χ2v) is 11.4. The van der Waals surface area contributed by atoms with Gasteiger partial charge in [0.1, 0.15) is 23.3 Å². The van der Waals surface area contributed by atoms with Crippen LogP contribution in [0.1, 0.15) is 43.3 Å². The van der Waals surface area contributed by atoms with Crippen LogP contribution in [0.5, 0.6) is 5.75 Å². The summed E-state index contributed by atoms with van der Waals surface area (Å²) in [7, 11) is 1.47. The zero-order valence-electron chi connectivity index (χ0n) is 23.2. The summed E-state index contributed by atoms with van der Waals surface area (Å²) in [4.78, 5) is 19.8. The Hall–Kier alpha value is -4.15. The number of nitrogens with one attached hydrogen (secondary N) is 1. The monoisotopic (exact) mass is 603 g/mol. The van der Waals surface area contributed by atoms with Crippen LogP contribution < -0.4 is 19.9 Å². The van der Waals surface area contributed by atoms with E-state index in [4.69, 9.17) is 33.0 Å². The molecule has 216 valence electrons. The van der Waals surface area contributed by atoms with Gasteiger partial charge in [0.25, 0.3) is 5.69 Å². The number of thiocarbonyl (C=S) groups is 1. The van der Waals surface area contributed by atoms with Crippen molar-refractivity contribution in [3.63, 3.8) is 0 Å². The van der Waals surface area contributed by atoms with E-state index < -0.39 is 4.92 Å². The Balaban J connectivity index is 1.39. The topological polar surface area (TPSA) is 96.9 Å². The maximum Gasteiger partial charge on any atom is 0.273 e. The molecule has 4 aromatic rings. The van der Waals surface area contributed by atoms with E-state index >= 15 is 0 Å². The highest BCUT2D eigenvalue weighted by Gasteiger charge is 2.43. The highest BCUT2D eigenvalue weighted by molar-refractivity contribution is 7.80. The molecule has 0 aliphatic carbocycles. The van der Waals surface area contributed by atoms with Gasteiger partial charge in [0.05, 0.1) is 46.1 Å². The fourth-order valence-corrected chi connectivity index (χ4v) is 6.37. The van der Waals surface area contributed by atoms with Crippen LogP contribution in [0.15, 0.2) is 77.3 Å². The fraction of sp³-hybridized carbons (Fsp3) is 0.290. The van der Waals surface area contributed by atoms with Crippen molar-refractivity contribution < 1.29 is 14.1 Å². The largest absolute Gasteiger partial charge is 0.496 e. The summed E-state index contributed by atoms with van der Waals surface area (Å²) in [5.74, 6) is 2.22. The number of piperidine rings is 1. The molecule has 9 nitrogen and oxygen atoms in total. The van der Waals surface area contributed by atoms with E-state index in [1.165, 1.54) is 19.2 Å². The number of aromatic nitrogens is 1. The molecule has 42 heavy (non-hydrogen) atoms. The van der Waals surface area contributed by atoms with Gasteiger partial charge in [0.2, 0.25) is 0 Å². The van der Waals surface area contributed by atoms with Crippen LogP contribution in [0.25, 0.3) is 11.3 Å². The first-order valence-corrected chi connectivity index (χ1v) is 14.6. The van der Waals surface area contributed by atoms with E-state index in [1.807, 2.05) is 47.4 Å². The molecular formula is C31H30ClN5O4S. The second kappa shape index (κ2) is 11.6. The molecular weight excluding hydrogens is 574 g/mol. The third-order valence-electron chi connectivity index (χ3n) is 8.01. The lowest BCUT2D eigenvalue weighted by molar-refractivity contribution is -0.384. The van der Waals surface area contributed by atoms with Crippen molar-refractivity contribution in [1.82, 2.24) is 10.3 Å². The predicted molar refractivity (Wildman–Crippen MR) is 167 cm³/mol. The van der Waals surface area contributed by atoms with Crippen LogP contribution in [-0.4, -0.2) is 35.2 Å². The third-order valence-corrected chi connectivity index (χ3v) is 8.63. The minimum Gasteiger partial charge on any atom is -0.496 e. The summed E-state index contributed by atoms with van der Waals surface area (Å²) < 4.78 is 11.9. The second-order valence-electron chi connectivity index (χ2n) is 10.6. The first-order chi connectivity index (χ1) is 20.3. The molecule has 0 saturated carbocycles. The van der Waals surface area contributed by atoms with Gasteiger partial charge in [-0.05, 0) is 79.5 Å². The minimum atomic E-state index is -0.456. The first kappa shape index (κ1) is 28.0. The average Bonchev–Trinajstić information content (AvgIpc) is 3.62. The zero-order chi connectivity index (χ0) is 29.4. The van der Waals surface area contributed by atoms with Crippen molar-refractivity contribution in [1.29, 1.82) is 0 Å². The van der Waals surface area contributed by atoms with Crippen LogP contribution in [0.3, 0.4) is 0 Å². The standard InChI is InChI=1S/C31H30ClN5O4S/c1-19-12-15-35(16-13-19)25-9-7-20(17-23(25)32)36-30(29(34-31(36)42)24-5-3-4-14-33-24)27-11-10-26(41-27)22-8-6-21(37(38)39)18-28(22)40-2/h3-11,14,17-19,29-30H,12-13,15-16H2,1-2H3,(H,34,42)/t29-,30+/m1/s1. The summed E-state index contributed by atoms with van der Waals surface area (Å²) in [5, 5.41) is 15.9. The molecule has 0 radical (unpaired) electrons. The molecule has 0 amide bonds. The van der Waals surface area contributed by atoms with Crippen LogP contribution >= 0.6 is 23.8 Å². The Bertz CT molecular complexity index is 1620. The number of anilines is 2. The molecule has 4 heterocycles. The SMILES string of the molecule is COc1cc([N+](=O)[O-])ccc1-c1ccc([C@H]2[C@@H](c3ccccn3)NC(=S)N2c2ccc(N3CCC(C)CC3)c(Cl)c2)o1. The first-order valence-electron chi connectivity index (χ1n) is 13.8.